The molecule has 1 atom stereocenters. The number of hydrogen-bond acceptors (Lipinski definition) is 5. The Bertz CT molecular complexity index is 737. The molecule has 0 saturated carbocycles. The Balaban J connectivity index is 1.86. The number of carbonyl (C=O) groups is 1. The van der Waals surface area contributed by atoms with E-state index < -0.39 is 9.84 Å². The zero-order chi connectivity index (χ0) is 18.0. The molecular formula is C17H27N3O3S2. The SMILES string of the molecule is CCCC(CCC)C(=O)Nc1c2c(nn1C1CCS(=O)(=O)C1)CSC2. The summed E-state index contributed by atoms with van der Waals surface area (Å²) in [5.74, 6) is 2.79. The topological polar surface area (TPSA) is 81.1 Å². The van der Waals surface area contributed by atoms with Gasteiger partial charge >= 0.3 is 0 Å². The summed E-state index contributed by atoms with van der Waals surface area (Å²) in [5, 5.41) is 7.78. The third-order valence-corrected chi connectivity index (χ3v) is 7.74. The summed E-state index contributed by atoms with van der Waals surface area (Å²) in [6.45, 7) is 4.19. The molecule has 2 aliphatic rings. The van der Waals surface area contributed by atoms with Crippen molar-refractivity contribution in [3.63, 3.8) is 0 Å². The Labute approximate surface area is 154 Å². The standard InChI is InChI=1S/C17H27N3O3S2/c1-3-5-12(6-4-2)17(21)18-16-14-9-24-10-15(14)19-20(16)13-7-8-25(22,23)11-13/h12-13H,3-11H2,1-2H3,(H,18,21). The molecule has 3 rings (SSSR count). The summed E-state index contributed by atoms with van der Waals surface area (Å²) in [6.07, 6.45) is 4.29. The summed E-state index contributed by atoms with van der Waals surface area (Å²) in [5.41, 5.74) is 2.07. The maximum atomic E-state index is 12.8. The van der Waals surface area contributed by atoms with Crippen molar-refractivity contribution in [3.8, 4) is 0 Å². The molecule has 2 aliphatic heterocycles. The lowest BCUT2D eigenvalue weighted by Crippen LogP contribution is -2.26. The quantitative estimate of drug-likeness (QED) is 0.780. The van der Waals surface area contributed by atoms with Crippen molar-refractivity contribution < 1.29 is 13.2 Å². The minimum Gasteiger partial charge on any atom is -0.310 e. The molecule has 1 fully saturated rings. The molecule has 1 unspecified atom stereocenters. The van der Waals surface area contributed by atoms with Gasteiger partial charge in [0.05, 0.1) is 23.2 Å². The number of nitrogens with one attached hydrogen (secondary N) is 1. The largest absolute Gasteiger partial charge is 0.310 e. The number of hydrogen-bond donors (Lipinski definition) is 1. The zero-order valence-corrected chi connectivity index (χ0v) is 16.6. The average Bonchev–Trinajstić information content (AvgIpc) is 3.22. The Hall–Kier alpha value is -1.02. The number of thioether (sulfide) groups is 1. The van der Waals surface area contributed by atoms with E-state index >= 15 is 0 Å². The Morgan fingerprint density at radius 3 is 2.64 bits per heavy atom. The van der Waals surface area contributed by atoms with E-state index in [0.29, 0.717) is 6.42 Å². The monoisotopic (exact) mass is 385 g/mol. The van der Waals surface area contributed by atoms with Crippen molar-refractivity contribution in [1.82, 2.24) is 9.78 Å². The molecule has 8 heteroatoms. The van der Waals surface area contributed by atoms with Crippen molar-refractivity contribution in [2.45, 2.75) is 63.5 Å². The zero-order valence-electron chi connectivity index (χ0n) is 15.0. The molecule has 0 aliphatic carbocycles. The van der Waals surface area contributed by atoms with Crippen molar-refractivity contribution in [3.05, 3.63) is 11.3 Å². The van der Waals surface area contributed by atoms with Gasteiger partial charge in [0.1, 0.15) is 5.82 Å². The lowest BCUT2D eigenvalue weighted by molar-refractivity contribution is -0.120. The maximum absolute atomic E-state index is 12.8. The molecule has 0 spiro atoms. The van der Waals surface area contributed by atoms with Crippen LogP contribution in [0.5, 0.6) is 0 Å². The fraction of sp³-hybridized carbons (Fsp3) is 0.765. The Kier molecular flexibility index (Phi) is 5.78. The van der Waals surface area contributed by atoms with Gasteiger partial charge in [0.2, 0.25) is 5.91 Å². The van der Waals surface area contributed by atoms with Crippen molar-refractivity contribution >= 4 is 33.3 Å². The predicted octanol–water partition coefficient (Wildman–Crippen LogP) is 3.14. The third kappa shape index (κ3) is 4.05. The highest BCUT2D eigenvalue weighted by Gasteiger charge is 2.34. The second-order valence-corrected chi connectivity index (χ2v) is 10.2. The van der Waals surface area contributed by atoms with E-state index in [4.69, 9.17) is 0 Å². The molecule has 6 nitrogen and oxygen atoms in total. The van der Waals surface area contributed by atoms with Crippen molar-refractivity contribution in [2.24, 2.45) is 5.92 Å². The third-order valence-electron chi connectivity index (χ3n) is 5.02. The van der Waals surface area contributed by atoms with E-state index in [0.717, 1.165) is 54.3 Å². The van der Waals surface area contributed by atoms with Gasteiger partial charge in [-0.25, -0.2) is 13.1 Å². The summed E-state index contributed by atoms with van der Waals surface area (Å²) < 4.78 is 25.5. The second-order valence-electron chi connectivity index (χ2n) is 7.03. The van der Waals surface area contributed by atoms with Crippen LogP contribution < -0.4 is 5.32 Å². The van der Waals surface area contributed by atoms with Gasteiger partial charge in [-0.3, -0.25) is 4.79 Å². The van der Waals surface area contributed by atoms with Crippen LogP contribution in [0.25, 0.3) is 0 Å². The van der Waals surface area contributed by atoms with Crippen LogP contribution in [-0.4, -0.2) is 35.6 Å². The van der Waals surface area contributed by atoms with E-state index in [1.165, 1.54) is 0 Å². The summed E-state index contributed by atoms with van der Waals surface area (Å²) >= 11 is 1.79. The van der Waals surface area contributed by atoms with Crippen LogP contribution in [0, 0.1) is 5.92 Å². The minimum absolute atomic E-state index is 0.00960. The molecule has 1 amide bonds. The number of anilines is 1. The molecule has 0 aromatic carbocycles. The first-order valence-electron chi connectivity index (χ1n) is 9.14. The first-order chi connectivity index (χ1) is 11.9. The Morgan fingerprint density at radius 2 is 2.04 bits per heavy atom. The van der Waals surface area contributed by atoms with Gasteiger partial charge in [0.15, 0.2) is 9.84 Å². The molecule has 1 saturated heterocycles. The molecule has 1 N–H and O–H groups in total. The lowest BCUT2D eigenvalue weighted by Gasteiger charge is -2.19. The number of nitrogens with zero attached hydrogens (tertiary/aromatic N) is 2. The van der Waals surface area contributed by atoms with Gasteiger partial charge in [-0.15, -0.1) is 0 Å². The highest BCUT2D eigenvalue weighted by atomic mass is 32.2. The summed E-state index contributed by atoms with van der Waals surface area (Å²) in [4.78, 5) is 12.8. The minimum atomic E-state index is -2.99. The highest BCUT2D eigenvalue weighted by molar-refractivity contribution is 7.98. The molecule has 140 valence electrons. The average molecular weight is 386 g/mol. The number of rotatable bonds is 7. The first-order valence-corrected chi connectivity index (χ1v) is 12.1. The van der Waals surface area contributed by atoms with Gasteiger partial charge in [0.25, 0.3) is 0 Å². The van der Waals surface area contributed by atoms with E-state index in [2.05, 4.69) is 24.3 Å². The van der Waals surface area contributed by atoms with E-state index in [1.807, 2.05) is 0 Å². The fourth-order valence-corrected chi connectivity index (χ4v) is 6.45. The molecule has 1 aromatic rings. The van der Waals surface area contributed by atoms with Gasteiger partial charge in [0, 0.05) is 23.0 Å². The van der Waals surface area contributed by atoms with E-state index in [1.54, 1.807) is 16.4 Å². The van der Waals surface area contributed by atoms with Crippen LogP contribution >= 0.6 is 11.8 Å². The number of fused-ring (bicyclic) bond motifs is 1. The highest BCUT2D eigenvalue weighted by Crippen LogP contribution is 2.38. The lowest BCUT2D eigenvalue weighted by atomic mass is 9.97. The van der Waals surface area contributed by atoms with Gasteiger partial charge in [-0.2, -0.15) is 16.9 Å². The van der Waals surface area contributed by atoms with E-state index in [-0.39, 0.29) is 29.4 Å². The van der Waals surface area contributed by atoms with Crippen LogP contribution in [0.1, 0.15) is 63.3 Å². The smallest absolute Gasteiger partial charge is 0.228 e. The predicted molar refractivity (Wildman–Crippen MR) is 101 cm³/mol. The number of amides is 1. The second kappa shape index (κ2) is 7.70. The number of carbonyl (C=O) groups excluding carboxylic acids is 1. The van der Waals surface area contributed by atoms with Gasteiger partial charge < -0.3 is 5.32 Å². The van der Waals surface area contributed by atoms with Crippen LogP contribution in [-0.2, 0) is 26.1 Å². The fourth-order valence-electron chi connectivity index (χ4n) is 3.72. The molecule has 0 bridgehead atoms. The van der Waals surface area contributed by atoms with Crippen molar-refractivity contribution in [1.29, 1.82) is 0 Å². The molecule has 25 heavy (non-hydrogen) atoms. The maximum Gasteiger partial charge on any atom is 0.228 e. The Morgan fingerprint density at radius 1 is 1.32 bits per heavy atom. The molecule has 0 radical (unpaired) electrons. The van der Waals surface area contributed by atoms with Crippen LogP contribution in [0.2, 0.25) is 0 Å². The molecule has 3 heterocycles. The van der Waals surface area contributed by atoms with Crippen LogP contribution in [0.4, 0.5) is 5.82 Å². The summed E-state index contributed by atoms with van der Waals surface area (Å²) in [7, 11) is -2.99. The summed E-state index contributed by atoms with van der Waals surface area (Å²) in [6, 6.07) is -0.160. The number of sulfone groups is 1. The van der Waals surface area contributed by atoms with Crippen LogP contribution in [0.3, 0.4) is 0 Å². The molecular weight excluding hydrogens is 358 g/mol. The number of aromatic nitrogens is 2. The van der Waals surface area contributed by atoms with E-state index in [9.17, 15) is 13.2 Å². The first kappa shape index (κ1) is 18.8. The van der Waals surface area contributed by atoms with Gasteiger partial charge in [-0.05, 0) is 19.3 Å². The molecule has 1 aromatic heterocycles. The van der Waals surface area contributed by atoms with Gasteiger partial charge in [-0.1, -0.05) is 26.7 Å². The van der Waals surface area contributed by atoms with Crippen molar-refractivity contribution in [2.75, 3.05) is 16.8 Å². The normalized spacial score (nSPS) is 21.6. The van der Waals surface area contributed by atoms with Crippen LogP contribution in [0.15, 0.2) is 0 Å².